The molecule has 2 heteroatoms. The molecule has 2 nitrogen and oxygen atoms in total. The first kappa shape index (κ1) is 12.9. The van der Waals surface area contributed by atoms with Crippen molar-refractivity contribution in [3.8, 4) is 0 Å². The summed E-state index contributed by atoms with van der Waals surface area (Å²) in [4.78, 5) is 0. The Morgan fingerprint density at radius 1 is 1.17 bits per heavy atom. The monoisotopic (exact) mass is 242 g/mol. The Hall–Kier alpha value is -1.54. The van der Waals surface area contributed by atoms with Gasteiger partial charge >= 0.3 is 0 Å². The first-order chi connectivity index (χ1) is 8.69. The summed E-state index contributed by atoms with van der Waals surface area (Å²) in [5, 5.41) is 3.35. The quantitative estimate of drug-likeness (QED) is 0.851. The fourth-order valence-electron chi connectivity index (χ4n) is 2.13. The van der Waals surface area contributed by atoms with Crippen LogP contribution in [-0.4, -0.2) is 11.1 Å². The molecule has 18 heavy (non-hydrogen) atoms. The van der Waals surface area contributed by atoms with Crippen molar-refractivity contribution in [2.75, 3.05) is 6.54 Å². The third-order valence-corrected chi connectivity index (χ3v) is 3.25. The van der Waals surface area contributed by atoms with Gasteiger partial charge < -0.3 is 9.88 Å². The molecule has 0 saturated carbocycles. The molecule has 2 aromatic rings. The minimum Gasteiger partial charge on any atom is -0.350 e. The molecule has 96 valence electrons. The number of rotatable bonds is 5. The highest BCUT2D eigenvalue weighted by Gasteiger charge is 2.01. The Bertz CT molecular complexity index is 512. The van der Waals surface area contributed by atoms with Crippen molar-refractivity contribution >= 4 is 0 Å². The van der Waals surface area contributed by atoms with Crippen LogP contribution in [0.3, 0.4) is 0 Å². The van der Waals surface area contributed by atoms with Gasteiger partial charge in [0.25, 0.3) is 0 Å². The summed E-state index contributed by atoms with van der Waals surface area (Å²) >= 11 is 0. The fraction of sp³-hybridized carbons (Fsp3) is 0.375. The predicted octanol–water partition coefficient (Wildman–Crippen LogP) is 3.26. The summed E-state index contributed by atoms with van der Waals surface area (Å²) in [6.07, 6.45) is 4.39. The van der Waals surface area contributed by atoms with Crippen LogP contribution in [0.2, 0.25) is 0 Å². The molecule has 0 spiro atoms. The van der Waals surface area contributed by atoms with Crippen LogP contribution in [0.1, 0.15) is 29.2 Å². The first-order valence-corrected chi connectivity index (χ1v) is 6.60. The molecule has 0 bridgehead atoms. The van der Waals surface area contributed by atoms with E-state index in [0.717, 1.165) is 19.6 Å². The van der Waals surface area contributed by atoms with Gasteiger partial charge in [-0.2, -0.15) is 0 Å². The van der Waals surface area contributed by atoms with Crippen molar-refractivity contribution < 1.29 is 0 Å². The molecule has 0 aliphatic heterocycles. The molecule has 0 saturated heterocycles. The maximum Gasteiger partial charge on any atom is 0.0473 e. The van der Waals surface area contributed by atoms with E-state index in [9.17, 15) is 0 Å². The van der Waals surface area contributed by atoms with E-state index in [-0.39, 0.29) is 0 Å². The maximum absolute atomic E-state index is 3.35. The van der Waals surface area contributed by atoms with Crippen molar-refractivity contribution in [2.45, 2.75) is 33.9 Å². The van der Waals surface area contributed by atoms with Crippen LogP contribution in [0.4, 0.5) is 0 Å². The van der Waals surface area contributed by atoms with Crippen LogP contribution in [0, 0.1) is 13.8 Å². The van der Waals surface area contributed by atoms with Gasteiger partial charge in [0.2, 0.25) is 0 Å². The van der Waals surface area contributed by atoms with Crippen LogP contribution in [-0.2, 0) is 13.1 Å². The van der Waals surface area contributed by atoms with Crippen LogP contribution in [0.25, 0.3) is 0 Å². The van der Waals surface area contributed by atoms with Gasteiger partial charge in [0.15, 0.2) is 0 Å². The SMILES string of the molecule is CCNCc1ccn(Cc2cc(C)ccc2C)c1. The van der Waals surface area contributed by atoms with Gasteiger partial charge in [-0.25, -0.2) is 0 Å². The molecule has 0 fully saturated rings. The summed E-state index contributed by atoms with van der Waals surface area (Å²) in [7, 11) is 0. The fourth-order valence-corrected chi connectivity index (χ4v) is 2.13. The van der Waals surface area contributed by atoms with E-state index in [1.807, 2.05) is 0 Å². The Labute approximate surface area is 110 Å². The topological polar surface area (TPSA) is 17.0 Å². The Morgan fingerprint density at radius 3 is 2.78 bits per heavy atom. The molecule has 0 atom stereocenters. The zero-order valence-corrected chi connectivity index (χ0v) is 11.5. The number of nitrogens with zero attached hydrogens (tertiary/aromatic N) is 1. The Morgan fingerprint density at radius 2 is 2.00 bits per heavy atom. The van der Waals surface area contributed by atoms with E-state index in [4.69, 9.17) is 0 Å². The van der Waals surface area contributed by atoms with Gasteiger partial charge in [0.1, 0.15) is 0 Å². The van der Waals surface area contributed by atoms with Crippen molar-refractivity contribution in [1.82, 2.24) is 9.88 Å². The van der Waals surface area contributed by atoms with Crippen molar-refractivity contribution in [3.05, 3.63) is 58.9 Å². The third-order valence-electron chi connectivity index (χ3n) is 3.25. The second-order valence-electron chi connectivity index (χ2n) is 4.90. The largest absolute Gasteiger partial charge is 0.350 e. The summed E-state index contributed by atoms with van der Waals surface area (Å²) in [5.41, 5.74) is 5.45. The molecule has 0 amide bonds. The average molecular weight is 242 g/mol. The lowest BCUT2D eigenvalue weighted by Gasteiger charge is -2.08. The van der Waals surface area contributed by atoms with Crippen molar-refractivity contribution in [2.24, 2.45) is 0 Å². The smallest absolute Gasteiger partial charge is 0.0473 e. The zero-order valence-electron chi connectivity index (χ0n) is 11.5. The van der Waals surface area contributed by atoms with E-state index in [2.05, 4.69) is 67.3 Å². The second kappa shape index (κ2) is 5.87. The molecular weight excluding hydrogens is 220 g/mol. The molecule has 1 aromatic heterocycles. The lowest BCUT2D eigenvalue weighted by molar-refractivity contribution is 0.721. The lowest BCUT2D eigenvalue weighted by atomic mass is 10.1. The lowest BCUT2D eigenvalue weighted by Crippen LogP contribution is -2.11. The molecule has 0 aliphatic carbocycles. The normalized spacial score (nSPS) is 10.8. The molecule has 1 aromatic carbocycles. The van der Waals surface area contributed by atoms with E-state index in [0.29, 0.717) is 0 Å². The maximum atomic E-state index is 3.35. The average Bonchev–Trinajstić information content (AvgIpc) is 2.79. The summed E-state index contributed by atoms with van der Waals surface area (Å²) in [5.74, 6) is 0. The first-order valence-electron chi connectivity index (χ1n) is 6.60. The highest BCUT2D eigenvalue weighted by atomic mass is 14.9. The van der Waals surface area contributed by atoms with Crippen molar-refractivity contribution in [3.63, 3.8) is 0 Å². The second-order valence-corrected chi connectivity index (χ2v) is 4.90. The van der Waals surface area contributed by atoms with Crippen LogP contribution in [0.5, 0.6) is 0 Å². The molecule has 1 heterocycles. The predicted molar refractivity (Wildman–Crippen MR) is 76.8 cm³/mol. The molecule has 0 radical (unpaired) electrons. The number of aromatic nitrogens is 1. The van der Waals surface area contributed by atoms with Gasteiger partial charge in [-0.3, -0.25) is 0 Å². The summed E-state index contributed by atoms with van der Waals surface area (Å²) < 4.78 is 2.26. The minimum absolute atomic E-state index is 0.955. The van der Waals surface area contributed by atoms with Gasteiger partial charge in [0.05, 0.1) is 0 Å². The van der Waals surface area contributed by atoms with Crippen LogP contribution < -0.4 is 5.32 Å². The highest BCUT2D eigenvalue weighted by molar-refractivity contribution is 5.31. The van der Waals surface area contributed by atoms with Gasteiger partial charge in [-0.1, -0.05) is 30.7 Å². The standard InChI is InChI=1S/C16H22N2/c1-4-17-10-15-7-8-18(11-15)12-16-9-13(2)5-6-14(16)3/h5-9,11,17H,4,10,12H2,1-3H3. The molecule has 0 unspecified atom stereocenters. The zero-order chi connectivity index (χ0) is 13.0. The molecule has 2 rings (SSSR count). The van der Waals surface area contributed by atoms with Crippen LogP contribution >= 0.6 is 0 Å². The number of benzene rings is 1. The Balaban J connectivity index is 2.08. The highest BCUT2D eigenvalue weighted by Crippen LogP contribution is 2.13. The molecule has 0 aliphatic rings. The third kappa shape index (κ3) is 3.23. The van der Waals surface area contributed by atoms with Gasteiger partial charge in [-0.05, 0) is 43.1 Å². The number of nitrogens with one attached hydrogen (secondary N) is 1. The molecule has 1 N–H and O–H groups in total. The Kier molecular flexibility index (Phi) is 4.21. The number of aryl methyl sites for hydroxylation is 2. The van der Waals surface area contributed by atoms with E-state index in [1.165, 1.54) is 22.3 Å². The minimum atomic E-state index is 0.955. The van der Waals surface area contributed by atoms with Crippen LogP contribution in [0.15, 0.2) is 36.7 Å². The van der Waals surface area contributed by atoms with E-state index >= 15 is 0 Å². The van der Waals surface area contributed by atoms with Gasteiger partial charge in [-0.15, -0.1) is 0 Å². The van der Waals surface area contributed by atoms with Crippen molar-refractivity contribution in [1.29, 1.82) is 0 Å². The van der Waals surface area contributed by atoms with Gasteiger partial charge in [0, 0.05) is 25.5 Å². The molecular formula is C16H22N2. The number of hydrogen-bond acceptors (Lipinski definition) is 1. The number of hydrogen-bond donors (Lipinski definition) is 1. The van der Waals surface area contributed by atoms with E-state index < -0.39 is 0 Å². The van der Waals surface area contributed by atoms with E-state index in [1.54, 1.807) is 0 Å². The summed E-state index contributed by atoms with van der Waals surface area (Å²) in [6, 6.07) is 8.84. The summed E-state index contributed by atoms with van der Waals surface area (Å²) in [6.45, 7) is 9.39.